The number of phenols is 2. The number of carboxylic acids is 1. The Labute approximate surface area is 230 Å². The molecule has 0 fully saturated rings. The normalized spacial score (nSPS) is 17.4. The van der Waals surface area contributed by atoms with Gasteiger partial charge in [-0.25, -0.2) is 9.59 Å². The van der Waals surface area contributed by atoms with E-state index in [4.69, 9.17) is 9.47 Å². The Hall–Kier alpha value is -4.66. The molecule has 1 unspecified atom stereocenters. The molecule has 5 rings (SSSR count). The highest BCUT2D eigenvalue weighted by Crippen LogP contribution is 2.60. The second-order valence-corrected chi connectivity index (χ2v) is 12.0. The highest BCUT2D eigenvalue weighted by atomic mass is 16.6. The molecule has 0 radical (unpaired) electrons. The lowest BCUT2D eigenvalue weighted by atomic mass is 9.71. The molecule has 1 atom stereocenters. The van der Waals surface area contributed by atoms with Crippen molar-refractivity contribution in [2.45, 2.75) is 47.1 Å². The Morgan fingerprint density at radius 2 is 1.40 bits per heavy atom. The molecule has 0 amide bonds. The molecule has 0 bridgehead atoms. The van der Waals surface area contributed by atoms with Gasteiger partial charge in [0.1, 0.15) is 22.8 Å². The highest BCUT2D eigenvalue weighted by molar-refractivity contribution is 6.17. The Kier molecular flexibility index (Phi) is 5.67. The van der Waals surface area contributed by atoms with Gasteiger partial charge >= 0.3 is 11.9 Å². The van der Waals surface area contributed by atoms with E-state index >= 15 is 0 Å². The molecule has 1 spiro atoms. The summed E-state index contributed by atoms with van der Waals surface area (Å²) in [6, 6.07) is 10.4. The summed E-state index contributed by atoms with van der Waals surface area (Å²) in [5.74, 6) is -5.18. The zero-order chi connectivity index (χ0) is 29.5. The van der Waals surface area contributed by atoms with Crippen molar-refractivity contribution in [2.75, 3.05) is 0 Å². The maximum Gasteiger partial charge on any atom is 0.340 e. The van der Waals surface area contributed by atoms with Crippen LogP contribution in [0.15, 0.2) is 42.5 Å². The highest BCUT2D eigenvalue weighted by Gasteiger charge is 2.58. The van der Waals surface area contributed by atoms with Gasteiger partial charge in [-0.15, -0.1) is 0 Å². The second-order valence-electron chi connectivity index (χ2n) is 12.0. The number of fused-ring (bicyclic) bond motifs is 6. The third kappa shape index (κ3) is 3.61. The van der Waals surface area contributed by atoms with Gasteiger partial charge in [0.2, 0.25) is 0 Å². The maximum absolute atomic E-state index is 13.9. The van der Waals surface area contributed by atoms with Crippen LogP contribution in [0.4, 0.5) is 0 Å². The van der Waals surface area contributed by atoms with Crippen LogP contribution in [0.5, 0.6) is 23.0 Å². The van der Waals surface area contributed by atoms with Crippen molar-refractivity contribution in [3.63, 3.8) is 0 Å². The summed E-state index contributed by atoms with van der Waals surface area (Å²) >= 11 is 0. The summed E-state index contributed by atoms with van der Waals surface area (Å²) in [6.07, 6.45) is 0. The van der Waals surface area contributed by atoms with Crippen LogP contribution < -0.4 is 4.74 Å². The molecule has 3 aromatic rings. The number of carboxylic acid groups (broad SMARTS) is 1. The zero-order valence-corrected chi connectivity index (χ0v) is 22.8. The molecule has 0 aliphatic carbocycles. The Bertz CT molecular complexity index is 1670. The van der Waals surface area contributed by atoms with Gasteiger partial charge in [0.05, 0.1) is 22.3 Å². The first-order chi connectivity index (χ1) is 18.5. The predicted octanol–water partition coefficient (Wildman–Crippen LogP) is 5.82. The first-order valence-electron chi connectivity index (χ1n) is 12.6. The number of esters is 1. The van der Waals surface area contributed by atoms with Crippen LogP contribution in [-0.2, 0) is 10.3 Å². The molecule has 2 aliphatic rings. The van der Waals surface area contributed by atoms with Crippen molar-refractivity contribution in [3.05, 3.63) is 81.4 Å². The number of aromatic carboxylic acids is 1. The number of phenolic OH excluding ortho intramolecular Hbond substituents is 2. The molecule has 2 heterocycles. The van der Waals surface area contributed by atoms with Gasteiger partial charge in [-0.1, -0.05) is 59.7 Å². The molecule has 3 aromatic carbocycles. The molecular formula is C31H28O9. The monoisotopic (exact) mass is 544 g/mol. The summed E-state index contributed by atoms with van der Waals surface area (Å²) in [5, 5.41) is 32.5. The number of rotatable bonds is 3. The summed E-state index contributed by atoms with van der Waals surface area (Å²) in [4.78, 5) is 54.1. The van der Waals surface area contributed by atoms with Gasteiger partial charge in [0, 0.05) is 28.0 Å². The molecule has 0 aromatic heterocycles. The van der Waals surface area contributed by atoms with E-state index in [1.807, 2.05) is 0 Å². The summed E-state index contributed by atoms with van der Waals surface area (Å²) < 4.78 is 12.2. The number of carbonyl (C=O) groups excluding carboxylic acids is 3. The molecule has 0 saturated carbocycles. The van der Waals surface area contributed by atoms with Crippen molar-refractivity contribution in [2.24, 2.45) is 10.8 Å². The SMILES string of the molecule is CC(C)(C)C(=O)c1c(O)c(C(=O)C(C)(C)C)c(C(=O)O)c2c1Oc1cc(O)ccc1C21OC(=O)c2ccccc21. The van der Waals surface area contributed by atoms with E-state index in [0.29, 0.717) is 0 Å². The lowest BCUT2D eigenvalue weighted by molar-refractivity contribution is 0.0214. The average molecular weight is 545 g/mol. The first kappa shape index (κ1) is 26.9. The number of hydrogen-bond donors (Lipinski definition) is 3. The van der Waals surface area contributed by atoms with Crippen LogP contribution in [0.3, 0.4) is 0 Å². The van der Waals surface area contributed by atoms with Gasteiger partial charge in [-0.3, -0.25) is 9.59 Å². The summed E-state index contributed by atoms with van der Waals surface area (Å²) in [7, 11) is 0. The van der Waals surface area contributed by atoms with Crippen molar-refractivity contribution in [3.8, 4) is 23.0 Å². The Balaban J connectivity index is 2.09. The fraction of sp³-hybridized carbons (Fsp3) is 0.290. The van der Waals surface area contributed by atoms with Crippen molar-refractivity contribution < 1.29 is 44.0 Å². The fourth-order valence-corrected chi connectivity index (χ4v) is 5.28. The molecular weight excluding hydrogens is 516 g/mol. The van der Waals surface area contributed by atoms with Crippen LogP contribution in [-0.4, -0.2) is 38.8 Å². The summed E-state index contributed by atoms with van der Waals surface area (Å²) in [5.41, 5.74) is -5.62. The molecule has 9 nitrogen and oxygen atoms in total. The van der Waals surface area contributed by atoms with Gasteiger partial charge < -0.3 is 24.8 Å². The minimum atomic E-state index is -1.98. The quantitative estimate of drug-likeness (QED) is 0.274. The molecule has 40 heavy (non-hydrogen) atoms. The third-order valence-electron chi connectivity index (χ3n) is 7.14. The Morgan fingerprint density at radius 3 is 2.00 bits per heavy atom. The minimum Gasteiger partial charge on any atom is -0.508 e. The number of ether oxygens (including phenoxy) is 2. The predicted molar refractivity (Wildman–Crippen MR) is 143 cm³/mol. The van der Waals surface area contributed by atoms with E-state index in [1.54, 1.807) is 59.7 Å². The largest absolute Gasteiger partial charge is 0.508 e. The van der Waals surface area contributed by atoms with Crippen LogP contribution in [0.2, 0.25) is 0 Å². The lowest BCUT2D eigenvalue weighted by Crippen LogP contribution is -2.38. The van der Waals surface area contributed by atoms with Crippen LogP contribution >= 0.6 is 0 Å². The average Bonchev–Trinajstić information content (AvgIpc) is 3.14. The number of Topliss-reactive ketones (excluding diaryl/α,β-unsaturated/α-hetero) is 2. The van der Waals surface area contributed by atoms with Gasteiger partial charge in [-0.05, 0) is 18.2 Å². The van der Waals surface area contributed by atoms with E-state index in [9.17, 15) is 34.5 Å². The topological polar surface area (TPSA) is 147 Å². The van der Waals surface area contributed by atoms with E-state index in [-0.39, 0.29) is 39.5 Å². The number of ketones is 2. The summed E-state index contributed by atoms with van der Waals surface area (Å²) in [6.45, 7) is 9.46. The van der Waals surface area contributed by atoms with Crippen LogP contribution in [0.1, 0.15) is 99.7 Å². The lowest BCUT2D eigenvalue weighted by Gasteiger charge is -2.39. The van der Waals surface area contributed by atoms with Crippen LogP contribution in [0.25, 0.3) is 0 Å². The molecule has 2 aliphatic heterocycles. The van der Waals surface area contributed by atoms with Crippen molar-refractivity contribution in [1.29, 1.82) is 0 Å². The van der Waals surface area contributed by atoms with Gasteiger partial charge in [-0.2, -0.15) is 0 Å². The molecule has 0 saturated heterocycles. The zero-order valence-electron chi connectivity index (χ0n) is 22.8. The number of carbonyl (C=O) groups is 4. The van der Waals surface area contributed by atoms with Gasteiger partial charge in [0.15, 0.2) is 22.9 Å². The second kappa shape index (κ2) is 8.42. The van der Waals surface area contributed by atoms with E-state index in [1.165, 1.54) is 24.3 Å². The van der Waals surface area contributed by atoms with Crippen LogP contribution in [0, 0.1) is 10.8 Å². The molecule has 206 valence electrons. The van der Waals surface area contributed by atoms with Gasteiger partial charge in [0.25, 0.3) is 0 Å². The van der Waals surface area contributed by atoms with E-state index in [2.05, 4.69) is 0 Å². The minimum absolute atomic E-state index is 0.0226. The third-order valence-corrected chi connectivity index (χ3v) is 7.14. The maximum atomic E-state index is 13.9. The smallest absolute Gasteiger partial charge is 0.340 e. The standard InChI is InChI=1S/C31H28O9/c1-29(2,3)25(34)20-19(27(36)37)22-24(21(23(20)33)26(35)30(4,5)6)39-18-13-14(32)11-12-17(18)31(22)16-10-8-7-9-15(16)28(38)40-31/h7-13,32-33H,1-6H3,(H,36,37). The first-order valence-corrected chi connectivity index (χ1v) is 12.6. The molecule has 3 N–H and O–H groups in total. The number of aromatic hydroxyl groups is 2. The number of hydrogen-bond acceptors (Lipinski definition) is 8. The van der Waals surface area contributed by atoms with E-state index in [0.717, 1.165) is 0 Å². The number of benzene rings is 3. The fourth-order valence-electron chi connectivity index (χ4n) is 5.28. The van der Waals surface area contributed by atoms with E-state index < -0.39 is 62.4 Å². The Morgan fingerprint density at radius 1 is 0.800 bits per heavy atom. The molecule has 9 heteroatoms. The van der Waals surface area contributed by atoms with Crippen molar-refractivity contribution >= 4 is 23.5 Å². The van der Waals surface area contributed by atoms with Crippen molar-refractivity contribution in [1.82, 2.24) is 0 Å².